The van der Waals surface area contributed by atoms with Crippen LogP contribution in [-0.2, 0) is 9.84 Å². The molecule has 0 saturated heterocycles. The van der Waals surface area contributed by atoms with Crippen LogP contribution >= 0.6 is 11.6 Å². The Bertz CT molecular complexity index is 470. The summed E-state index contributed by atoms with van der Waals surface area (Å²) in [4.78, 5) is 0.309. The number of halogens is 1. The Hall–Kier alpha value is -0.740. The molecule has 0 aromatic heterocycles. The predicted octanol–water partition coefficient (Wildman–Crippen LogP) is 1.93. The van der Waals surface area contributed by atoms with E-state index >= 15 is 0 Å². The van der Waals surface area contributed by atoms with Gasteiger partial charge in [-0.25, -0.2) is 8.42 Å². The van der Waals surface area contributed by atoms with Gasteiger partial charge in [-0.1, -0.05) is 11.6 Å². The summed E-state index contributed by atoms with van der Waals surface area (Å²) in [5.74, 6) is 0. The zero-order valence-electron chi connectivity index (χ0n) is 7.62. The minimum Gasteiger partial charge on any atom is -0.383 e. The van der Waals surface area contributed by atoms with Crippen LogP contribution in [0.1, 0.15) is 6.92 Å². The fraction of sp³-hybridized carbons (Fsp3) is 0.333. The van der Waals surface area contributed by atoms with E-state index in [0.717, 1.165) is 0 Å². The first-order valence-corrected chi connectivity index (χ1v) is 6.21. The van der Waals surface area contributed by atoms with Crippen LogP contribution in [0.4, 0.5) is 5.69 Å². The fourth-order valence-electron chi connectivity index (χ4n) is 1.46. The SMILES string of the molecule is CC1CNc2ccc(Cl)cc2S1(=O)=O. The zero-order chi connectivity index (χ0) is 10.3. The molecule has 1 atom stereocenters. The molecule has 0 spiro atoms. The molecule has 1 aromatic carbocycles. The summed E-state index contributed by atoms with van der Waals surface area (Å²) >= 11 is 5.76. The molecule has 1 aliphatic heterocycles. The Kier molecular flexibility index (Phi) is 2.20. The molecular weight excluding hydrogens is 222 g/mol. The van der Waals surface area contributed by atoms with Crippen molar-refractivity contribution < 1.29 is 8.42 Å². The highest BCUT2D eigenvalue weighted by Crippen LogP contribution is 2.31. The largest absolute Gasteiger partial charge is 0.383 e. The maximum absolute atomic E-state index is 11.9. The number of anilines is 1. The third-order valence-corrected chi connectivity index (χ3v) is 4.77. The van der Waals surface area contributed by atoms with Crippen LogP contribution in [0, 0.1) is 0 Å². The Morgan fingerprint density at radius 3 is 2.93 bits per heavy atom. The molecule has 76 valence electrons. The van der Waals surface area contributed by atoms with Crippen LogP contribution in [0.2, 0.25) is 5.02 Å². The Balaban J connectivity index is 2.68. The molecule has 0 radical (unpaired) electrons. The van der Waals surface area contributed by atoms with Gasteiger partial charge in [0.15, 0.2) is 9.84 Å². The lowest BCUT2D eigenvalue weighted by Gasteiger charge is -2.23. The monoisotopic (exact) mass is 231 g/mol. The van der Waals surface area contributed by atoms with Gasteiger partial charge in [0.2, 0.25) is 0 Å². The molecule has 0 bridgehead atoms. The van der Waals surface area contributed by atoms with Crippen molar-refractivity contribution in [2.45, 2.75) is 17.1 Å². The minimum atomic E-state index is -3.19. The summed E-state index contributed by atoms with van der Waals surface area (Å²) in [6, 6.07) is 4.87. The Labute approximate surface area is 88.0 Å². The molecule has 1 heterocycles. The highest BCUT2D eigenvalue weighted by Gasteiger charge is 2.30. The average molecular weight is 232 g/mol. The van der Waals surface area contributed by atoms with Crippen molar-refractivity contribution in [3.05, 3.63) is 23.2 Å². The second-order valence-electron chi connectivity index (χ2n) is 3.38. The molecule has 2 rings (SSSR count). The molecule has 0 aliphatic carbocycles. The van der Waals surface area contributed by atoms with Gasteiger partial charge in [0, 0.05) is 11.6 Å². The molecule has 0 fully saturated rings. The minimum absolute atomic E-state index is 0.309. The lowest BCUT2D eigenvalue weighted by molar-refractivity contribution is 0.582. The highest BCUT2D eigenvalue weighted by molar-refractivity contribution is 7.92. The smallest absolute Gasteiger partial charge is 0.184 e. The molecule has 3 nitrogen and oxygen atoms in total. The van der Waals surface area contributed by atoms with E-state index in [1.54, 1.807) is 19.1 Å². The first kappa shape index (κ1) is 9.80. The lowest BCUT2D eigenvalue weighted by Crippen LogP contribution is -2.31. The van der Waals surface area contributed by atoms with E-state index in [0.29, 0.717) is 22.2 Å². The van der Waals surface area contributed by atoms with E-state index in [9.17, 15) is 8.42 Å². The third-order valence-electron chi connectivity index (χ3n) is 2.36. The molecular formula is C9H10ClNO2S. The van der Waals surface area contributed by atoms with Crippen molar-refractivity contribution in [1.29, 1.82) is 0 Å². The first-order chi connectivity index (χ1) is 6.51. The normalized spacial score (nSPS) is 23.7. The molecule has 5 heteroatoms. The second kappa shape index (κ2) is 3.14. The molecule has 1 aliphatic rings. The van der Waals surface area contributed by atoms with Crippen LogP contribution in [-0.4, -0.2) is 20.2 Å². The topological polar surface area (TPSA) is 46.2 Å². The van der Waals surface area contributed by atoms with Crippen LogP contribution in [0.3, 0.4) is 0 Å². The number of fused-ring (bicyclic) bond motifs is 1. The van der Waals surface area contributed by atoms with Gasteiger partial charge in [-0.05, 0) is 25.1 Å². The van der Waals surface area contributed by atoms with Crippen molar-refractivity contribution in [2.75, 3.05) is 11.9 Å². The maximum atomic E-state index is 11.9. The molecule has 1 aromatic rings. The lowest BCUT2D eigenvalue weighted by atomic mass is 10.3. The first-order valence-electron chi connectivity index (χ1n) is 4.29. The summed E-state index contributed by atoms with van der Waals surface area (Å²) in [7, 11) is -3.19. The van der Waals surface area contributed by atoms with Crippen molar-refractivity contribution >= 4 is 27.1 Å². The second-order valence-corrected chi connectivity index (χ2v) is 6.15. The van der Waals surface area contributed by atoms with Gasteiger partial charge in [0.25, 0.3) is 0 Å². The molecule has 1 N–H and O–H groups in total. The third kappa shape index (κ3) is 1.38. The fourth-order valence-corrected chi connectivity index (χ4v) is 3.17. The van der Waals surface area contributed by atoms with E-state index in [1.165, 1.54) is 6.07 Å². The maximum Gasteiger partial charge on any atom is 0.184 e. The number of benzene rings is 1. The summed E-state index contributed by atoms with van der Waals surface area (Å²) in [5.41, 5.74) is 0.646. The molecule has 0 saturated carbocycles. The quantitative estimate of drug-likeness (QED) is 0.742. The number of rotatable bonds is 0. The number of hydrogen-bond donors (Lipinski definition) is 1. The van der Waals surface area contributed by atoms with E-state index in [4.69, 9.17) is 11.6 Å². The highest BCUT2D eigenvalue weighted by atomic mass is 35.5. The van der Waals surface area contributed by atoms with E-state index in [1.807, 2.05) is 0 Å². The molecule has 0 amide bonds. The van der Waals surface area contributed by atoms with Gasteiger partial charge in [0.05, 0.1) is 15.8 Å². The number of nitrogens with one attached hydrogen (secondary N) is 1. The van der Waals surface area contributed by atoms with E-state index in [2.05, 4.69) is 5.32 Å². The summed E-state index contributed by atoms with van der Waals surface area (Å²) in [6.07, 6.45) is 0. The van der Waals surface area contributed by atoms with Gasteiger partial charge in [-0.2, -0.15) is 0 Å². The van der Waals surface area contributed by atoms with Gasteiger partial charge in [-0.15, -0.1) is 0 Å². The standard InChI is InChI=1S/C9H10ClNO2S/c1-6-5-11-8-3-2-7(10)4-9(8)14(6,12)13/h2-4,6,11H,5H2,1H3. The van der Waals surface area contributed by atoms with Crippen molar-refractivity contribution in [2.24, 2.45) is 0 Å². The van der Waals surface area contributed by atoms with Crippen LogP contribution in [0.25, 0.3) is 0 Å². The predicted molar refractivity (Wildman–Crippen MR) is 56.6 cm³/mol. The molecule has 1 unspecified atom stereocenters. The van der Waals surface area contributed by atoms with Crippen molar-refractivity contribution in [3.63, 3.8) is 0 Å². The van der Waals surface area contributed by atoms with E-state index < -0.39 is 15.1 Å². The van der Waals surface area contributed by atoms with Gasteiger partial charge in [0.1, 0.15) is 0 Å². The zero-order valence-corrected chi connectivity index (χ0v) is 9.19. The molecule has 14 heavy (non-hydrogen) atoms. The van der Waals surface area contributed by atoms with Crippen molar-refractivity contribution in [3.8, 4) is 0 Å². The van der Waals surface area contributed by atoms with Crippen molar-refractivity contribution in [1.82, 2.24) is 0 Å². The summed E-state index contributed by atoms with van der Waals surface area (Å²) in [5, 5.41) is 3.11. The summed E-state index contributed by atoms with van der Waals surface area (Å²) < 4.78 is 23.7. The van der Waals surface area contributed by atoms with Crippen LogP contribution < -0.4 is 5.32 Å². The number of hydrogen-bond acceptors (Lipinski definition) is 3. The Morgan fingerprint density at radius 2 is 2.21 bits per heavy atom. The van der Waals surface area contributed by atoms with Gasteiger partial charge >= 0.3 is 0 Å². The Morgan fingerprint density at radius 1 is 1.50 bits per heavy atom. The van der Waals surface area contributed by atoms with E-state index in [-0.39, 0.29) is 0 Å². The van der Waals surface area contributed by atoms with Gasteiger partial charge < -0.3 is 5.32 Å². The average Bonchev–Trinajstić information content (AvgIpc) is 2.13. The van der Waals surface area contributed by atoms with Crippen LogP contribution in [0.15, 0.2) is 23.1 Å². The van der Waals surface area contributed by atoms with Crippen LogP contribution in [0.5, 0.6) is 0 Å². The number of sulfone groups is 1. The van der Waals surface area contributed by atoms with Gasteiger partial charge in [-0.3, -0.25) is 0 Å². The summed E-state index contributed by atoms with van der Waals surface area (Å²) in [6.45, 7) is 2.14.